The van der Waals surface area contributed by atoms with Gasteiger partial charge in [0.15, 0.2) is 4.96 Å². The molecule has 2 aromatic heterocycles. The summed E-state index contributed by atoms with van der Waals surface area (Å²) in [6.45, 7) is 3.33. The van der Waals surface area contributed by atoms with Crippen LogP contribution in [0.3, 0.4) is 0 Å². The van der Waals surface area contributed by atoms with Gasteiger partial charge in [0.2, 0.25) is 0 Å². The number of hydrogen-bond acceptors (Lipinski definition) is 5. The number of imidazole rings is 1. The molecule has 0 spiro atoms. The second-order valence-corrected chi connectivity index (χ2v) is 6.73. The fourth-order valence-electron chi connectivity index (χ4n) is 3.02. The van der Waals surface area contributed by atoms with Crippen molar-refractivity contribution in [1.29, 1.82) is 0 Å². The highest BCUT2D eigenvalue weighted by Gasteiger charge is 2.26. The fraction of sp³-hybridized carbons (Fsp3) is 0.643. The first-order valence-corrected chi connectivity index (χ1v) is 8.07. The molecule has 2 aromatic rings. The number of nitrogens with zero attached hydrogens (tertiary/aromatic N) is 4. The van der Waals surface area contributed by atoms with Gasteiger partial charge < -0.3 is 15.5 Å². The SMILES string of the molecule is CN1CCCN(C)C(C(N)Cc2cn3ccsc3n2)C1. The first-order valence-electron chi connectivity index (χ1n) is 7.19. The summed E-state index contributed by atoms with van der Waals surface area (Å²) in [6, 6.07) is 0.535. The second-order valence-electron chi connectivity index (χ2n) is 5.86. The monoisotopic (exact) mass is 293 g/mol. The van der Waals surface area contributed by atoms with Crippen LogP contribution in [0, 0.1) is 0 Å². The molecule has 0 aliphatic carbocycles. The van der Waals surface area contributed by atoms with E-state index >= 15 is 0 Å². The van der Waals surface area contributed by atoms with Crippen LogP contribution in [0.25, 0.3) is 4.96 Å². The van der Waals surface area contributed by atoms with Crippen molar-refractivity contribution in [3.63, 3.8) is 0 Å². The lowest BCUT2D eigenvalue weighted by atomic mass is 10.0. The van der Waals surface area contributed by atoms with Crippen LogP contribution in [0.2, 0.25) is 0 Å². The average Bonchev–Trinajstić information content (AvgIpc) is 2.91. The van der Waals surface area contributed by atoms with Crippen molar-refractivity contribution >= 4 is 16.3 Å². The van der Waals surface area contributed by atoms with Gasteiger partial charge >= 0.3 is 0 Å². The lowest BCUT2D eigenvalue weighted by molar-refractivity contribution is 0.195. The largest absolute Gasteiger partial charge is 0.326 e. The first kappa shape index (κ1) is 14.0. The Labute approximate surface area is 124 Å². The Hall–Kier alpha value is -0.950. The van der Waals surface area contributed by atoms with Crippen LogP contribution in [-0.2, 0) is 6.42 Å². The van der Waals surface area contributed by atoms with E-state index in [2.05, 4.69) is 44.9 Å². The molecule has 1 saturated heterocycles. The Morgan fingerprint density at radius 2 is 2.30 bits per heavy atom. The predicted octanol–water partition coefficient (Wildman–Crippen LogP) is 0.901. The van der Waals surface area contributed by atoms with Crippen LogP contribution in [0.4, 0.5) is 0 Å². The van der Waals surface area contributed by atoms with Gasteiger partial charge in [-0.05, 0) is 33.6 Å². The van der Waals surface area contributed by atoms with Gasteiger partial charge in [0.25, 0.3) is 0 Å². The fourth-order valence-corrected chi connectivity index (χ4v) is 3.74. The number of aromatic nitrogens is 2. The number of nitrogens with two attached hydrogens (primary N) is 1. The van der Waals surface area contributed by atoms with E-state index in [4.69, 9.17) is 5.73 Å². The number of thiazole rings is 1. The standard InChI is InChI=1S/C14H23N5S/c1-17-4-3-5-18(2)13(10-17)12(15)8-11-9-19-6-7-20-14(19)16-11/h6-7,9,12-13H,3-5,8,10,15H2,1-2H3. The van der Waals surface area contributed by atoms with Crippen LogP contribution in [0.1, 0.15) is 12.1 Å². The first-order chi connectivity index (χ1) is 9.63. The number of rotatable bonds is 3. The van der Waals surface area contributed by atoms with Gasteiger partial charge in [-0.3, -0.25) is 4.40 Å². The quantitative estimate of drug-likeness (QED) is 0.913. The maximum atomic E-state index is 6.48. The maximum Gasteiger partial charge on any atom is 0.193 e. The molecule has 3 rings (SSSR count). The molecule has 0 saturated carbocycles. The van der Waals surface area contributed by atoms with E-state index in [-0.39, 0.29) is 6.04 Å². The molecule has 2 unspecified atom stereocenters. The molecular formula is C14H23N5S. The molecular weight excluding hydrogens is 270 g/mol. The van der Waals surface area contributed by atoms with E-state index in [1.165, 1.54) is 6.42 Å². The lowest BCUT2D eigenvalue weighted by Crippen LogP contribution is -2.51. The third-order valence-electron chi connectivity index (χ3n) is 4.20. The molecule has 0 amide bonds. The number of likely N-dealkylation sites (N-methyl/N-ethyl adjacent to an activating group) is 2. The summed E-state index contributed by atoms with van der Waals surface area (Å²) in [4.78, 5) is 10.5. The van der Waals surface area contributed by atoms with Gasteiger partial charge in [0.1, 0.15) is 0 Å². The Kier molecular flexibility index (Phi) is 4.07. The molecule has 3 heterocycles. The average molecular weight is 293 g/mol. The summed E-state index contributed by atoms with van der Waals surface area (Å²) in [6.07, 6.45) is 6.22. The summed E-state index contributed by atoms with van der Waals surface area (Å²) in [5, 5.41) is 2.06. The highest BCUT2D eigenvalue weighted by atomic mass is 32.1. The smallest absolute Gasteiger partial charge is 0.193 e. The summed E-state index contributed by atoms with van der Waals surface area (Å²) < 4.78 is 2.08. The lowest BCUT2D eigenvalue weighted by Gasteiger charge is -2.32. The third kappa shape index (κ3) is 2.88. The van der Waals surface area contributed by atoms with Gasteiger partial charge in [-0.2, -0.15) is 0 Å². The van der Waals surface area contributed by atoms with Gasteiger partial charge in [-0.15, -0.1) is 11.3 Å². The van der Waals surface area contributed by atoms with Crippen molar-refractivity contribution in [3.8, 4) is 0 Å². The van der Waals surface area contributed by atoms with Crippen molar-refractivity contribution in [3.05, 3.63) is 23.5 Å². The Balaban J connectivity index is 1.70. The third-order valence-corrected chi connectivity index (χ3v) is 4.97. The predicted molar refractivity (Wildman–Crippen MR) is 83.3 cm³/mol. The van der Waals surface area contributed by atoms with E-state index in [1.807, 2.05) is 6.20 Å². The molecule has 1 fully saturated rings. The summed E-state index contributed by atoms with van der Waals surface area (Å²) in [7, 11) is 4.38. The zero-order chi connectivity index (χ0) is 14.1. The molecule has 20 heavy (non-hydrogen) atoms. The van der Waals surface area contributed by atoms with Gasteiger partial charge in [-0.25, -0.2) is 4.98 Å². The topological polar surface area (TPSA) is 49.8 Å². The van der Waals surface area contributed by atoms with Crippen molar-refractivity contribution in [2.24, 2.45) is 5.73 Å². The summed E-state index contributed by atoms with van der Waals surface area (Å²) in [5.74, 6) is 0. The van der Waals surface area contributed by atoms with Crippen LogP contribution in [0.5, 0.6) is 0 Å². The Bertz CT molecular complexity index is 534. The molecule has 2 atom stereocenters. The number of hydrogen-bond donors (Lipinski definition) is 1. The molecule has 1 aliphatic rings. The minimum Gasteiger partial charge on any atom is -0.326 e. The molecule has 0 bridgehead atoms. The van der Waals surface area contributed by atoms with Gasteiger partial charge in [0.05, 0.1) is 5.69 Å². The van der Waals surface area contributed by atoms with Crippen LogP contribution < -0.4 is 5.73 Å². The van der Waals surface area contributed by atoms with Crippen molar-refractivity contribution in [2.75, 3.05) is 33.7 Å². The molecule has 0 aromatic carbocycles. The van der Waals surface area contributed by atoms with Crippen molar-refractivity contribution in [1.82, 2.24) is 19.2 Å². The molecule has 0 radical (unpaired) electrons. The van der Waals surface area contributed by atoms with E-state index in [1.54, 1.807) is 11.3 Å². The van der Waals surface area contributed by atoms with Crippen LogP contribution in [0.15, 0.2) is 17.8 Å². The van der Waals surface area contributed by atoms with E-state index in [0.717, 1.165) is 36.7 Å². The molecule has 2 N–H and O–H groups in total. The van der Waals surface area contributed by atoms with E-state index in [9.17, 15) is 0 Å². The van der Waals surface area contributed by atoms with Gasteiger partial charge in [-0.1, -0.05) is 0 Å². The molecule has 1 aliphatic heterocycles. The highest BCUT2D eigenvalue weighted by molar-refractivity contribution is 7.15. The van der Waals surface area contributed by atoms with Crippen molar-refractivity contribution < 1.29 is 0 Å². The highest BCUT2D eigenvalue weighted by Crippen LogP contribution is 2.15. The zero-order valence-electron chi connectivity index (χ0n) is 12.2. The minimum atomic E-state index is 0.130. The Morgan fingerprint density at radius 3 is 3.10 bits per heavy atom. The molecule has 5 nitrogen and oxygen atoms in total. The van der Waals surface area contributed by atoms with Crippen LogP contribution in [-0.4, -0.2) is 65.0 Å². The maximum absolute atomic E-state index is 6.48. The Morgan fingerprint density at radius 1 is 1.45 bits per heavy atom. The van der Waals surface area contributed by atoms with Crippen LogP contribution >= 0.6 is 11.3 Å². The molecule has 110 valence electrons. The van der Waals surface area contributed by atoms with Gasteiger partial charge in [0, 0.05) is 42.8 Å². The summed E-state index contributed by atoms with van der Waals surface area (Å²) >= 11 is 1.67. The van der Waals surface area contributed by atoms with E-state index in [0.29, 0.717) is 6.04 Å². The molecule has 6 heteroatoms. The minimum absolute atomic E-state index is 0.130. The summed E-state index contributed by atoms with van der Waals surface area (Å²) in [5.41, 5.74) is 7.58. The van der Waals surface area contributed by atoms with E-state index < -0.39 is 0 Å². The number of fused-ring (bicyclic) bond motifs is 1. The normalized spacial score (nSPS) is 24.1. The second kappa shape index (κ2) is 5.81. The van der Waals surface area contributed by atoms with Crippen molar-refractivity contribution in [2.45, 2.75) is 24.9 Å². The zero-order valence-corrected chi connectivity index (χ0v) is 13.0.